The summed E-state index contributed by atoms with van der Waals surface area (Å²) in [4.78, 5) is 12.2. The highest BCUT2D eigenvalue weighted by molar-refractivity contribution is 6.09. The van der Waals surface area contributed by atoms with Crippen LogP contribution in [0.25, 0.3) is 0 Å². The van der Waals surface area contributed by atoms with Gasteiger partial charge in [-0.1, -0.05) is 58.5 Å². The van der Waals surface area contributed by atoms with Crippen molar-refractivity contribution in [2.24, 2.45) is 15.9 Å². The predicted molar refractivity (Wildman–Crippen MR) is 129 cm³/mol. The van der Waals surface area contributed by atoms with Crippen LogP contribution in [0.4, 0.5) is 0 Å². The SMILES string of the molecule is C=C1C=C2NC(c3ccc(C(C)(C)C)cc3)=NC(=NCCCN3CCC(C)CC3)N2N1. The van der Waals surface area contributed by atoms with Gasteiger partial charge < -0.3 is 10.2 Å². The van der Waals surface area contributed by atoms with E-state index in [2.05, 4.69) is 74.2 Å². The van der Waals surface area contributed by atoms with Gasteiger partial charge in [0, 0.05) is 18.2 Å². The van der Waals surface area contributed by atoms with Crippen molar-refractivity contribution in [3.8, 4) is 0 Å². The Bertz CT molecular complexity index is 895. The minimum atomic E-state index is 0.131. The average molecular weight is 421 g/mol. The molecule has 2 N–H and O–H groups in total. The topological polar surface area (TPSA) is 55.3 Å². The first kappa shape index (κ1) is 21.6. The van der Waals surface area contributed by atoms with Gasteiger partial charge in [0.2, 0.25) is 5.96 Å². The zero-order valence-corrected chi connectivity index (χ0v) is 19.4. The average Bonchev–Trinajstić information content (AvgIpc) is 3.12. The van der Waals surface area contributed by atoms with Crippen molar-refractivity contribution in [1.82, 2.24) is 20.7 Å². The molecule has 4 rings (SSSR count). The number of rotatable bonds is 5. The number of hydrogen-bond donors (Lipinski definition) is 2. The van der Waals surface area contributed by atoms with Gasteiger partial charge in [-0.2, -0.15) is 4.99 Å². The van der Waals surface area contributed by atoms with Gasteiger partial charge in [-0.25, -0.2) is 10.0 Å². The second kappa shape index (κ2) is 8.87. The van der Waals surface area contributed by atoms with E-state index in [1.165, 1.54) is 31.5 Å². The third-order valence-electron chi connectivity index (χ3n) is 6.25. The first-order valence-electron chi connectivity index (χ1n) is 11.5. The number of benzene rings is 1. The van der Waals surface area contributed by atoms with E-state index in [0.29, 0.717) is 5.96 Å². The Kier molecular flexibility index (Phi) is 6.19. The van der Waals surface area contributed by atoms with Crippen LogP contribution in [0.15, 0.2) is 58.4 Å². The maximum absolute atomic E-state index is 4.84. The number of allylic oxidation sites excluding steroid dienone is 1. The van der Waals surface area contributed by atoms with Crippen LogP contribution in [-0.2, 0) is 5.41 Å². The molecular weight excluding hydrogens is 384 g/mol. The summed E-state index contributed by atoms with van der Waals surface area (Å²) in [5, 5.41) is 5.31. The van der Waals surface area contributed by atoms with E-state index in [9.17, 15) is 0 Å². The van der Waals surface area contributed by atoms with E-state index in [4.69, 9.17) is 9.98 Å². The Morgan fingerprint density at radius 1 is 1.16 bits per heavy atom. The van der Waals surface area contributed by atoms with E-state index in [-0.39, 0.29) is 5.41 Å². The Morgan fingerprint density at radius 3 is 2.55 bits per heavy atom. The maximum Gasteiger partial charge on any atom is 0.247 e. The number of amidine groups is 1. The van der Waals surface area contributed by atoms with Crippen LogP contribution in [0.1, 0.15) is 58.1 Å². The first-order valence-corrected chi connectivity index (χ1v) is 11.5. The van der Waals surface area contributed by atoms with Gasteiger partial charge in [0.1, 0.15) is 11.7 Å². The Labute approximate surface area is 186 Å². The van der Waals surface area contributed by atoms with E-state index < -0.39 is 0 Å². The molecule has 0 amide bonds. The van der Waals surface area contributed by atoms with Crippen molar-refractivity contribution in [1.29, 1.82) is 0 Å². The summed E-state index contributed by atoms with van der Waals surface area (Å²) in [5.41, 5.74) is 6.57. The third-order valence-corrected chi connectivity index (χ3v) is 6.25. The van der Waals surface area contributed by atoms with Crippen LogP contribution in [0.3, 0.4) is 0 Å². The molecule has 3 aliphatic rings. The lowest BCUT2D eigenvalue weighted by atomic mass is 9.86. The first-order chi connectivity index (χ1) is 14.8. The summed E-state index contributed by atoms with van der Waals surface area (Å²) >= 11 is 0. The lowest BCUT2D eigenvalue weighted by Gasteiger charge is -2.30. The maximum atomic E-state index is 4.84. The second-order valence-electron chi connectivity index (χ2n) is 9.97. The molecule has 3 aliphatic heterocycles. The van der Waals surface area contributed by atoms with Crippen LogP contribution in [0, 0.1) is 5.92 Å². The van der Waals surface area contributed by atoms with Crippen molar-refractivity contribution >= 4 is 11.8 Å². The van der Waals surface area contributed by atoms with E-state index in [0.717, 1.165) is 48.3 Å². The Balaban J connectivity index is 1.46. The molecule has 1 saturated heterocycles. The molecule has 3 heterocycles. The van der Waals surface area contributed by atoms with Crippen LogP contribution in [0.5, 0.6) is 0 Å². The van der Waals surface area contributed by atoms with Crippen molar-refractivity contribution < 1.29 is 0 Å². The molecule has 0 bridgehead atoms. The molecule has 0 unspecified atom stereocenters. The summed E-state index contributed by atoms with van der Waals surface area (Å²) in [7, 11) is 0. The molecule has 1 aromatic carbocycles. The minimum Gasteiger partial charge on any atom is -0.324 e. The molecule has 0 aromatic heterocycles. The summed E-state index contributed by atoms with van der Waals surface area (Å²) in [6.45, 7) is 17.4. The van der Waals surface area contributed by atoms with Gasteiger partial charge in [0.05, 0.1) is 5.70 Å². The molecule has 166 valence electrons. The number of piperidine rings is 1. The lowest BCUT2D eigenvalue weighted by Crippen LogP contribution is -2.47. The molecule has 0 aliphatic carbocycles. The standard InChI is InChI=1S/C25H36N6/c1-18-11-15-30(16-12-18)14-6-13-26-24-28-23(27-22-17-19(2)29-31(22)24)20-7-9-21(10-8-20)25(3,4)5/h7-10,17-18,29H,2,6,11-16H2,1,3-5H3,(H,26,27,28). The van der Waals surface area contributed by atoms with E-state index >= 15 is 0 Å². The van der Waals surface area contributed by atoms with Crippen LogP contribution < -0.4 is 10.7 Å². The third kappa shape index (κ3) is 5.18. The van der Waals surface area contributed by atoms with Crippen LogP contribution >= 0.6 is 0 Å². The fourth-order valence-electron chi connectivity index (χ4n) is 4.14. The number of guanidine groups is 1. The van der Waals surface area contributed by atoms with Crippen molar-refractivity contribution in [2.75, 3.05) is 26.2 Å². The highest BCUT2D eigenvalue weighted by Gasteiger charge is 2.28. The molecule has 31 heavy (non-hydrogen) atoms. The highest BCUT2D eigenvalue weighted by atomic mass is 15.6. The zero-order chi connectivity index (χ0) is 22.0. The predicted octanol–water partition coefficient (Wildman–Crippen LogP) is 3.99. The van der Waals surface area contributed by atoms with Gasteiger partial charge >= 0.3 is 0 Å². The minimum absolute atomic E-state index is 0.131. The molecule has 0 spiro atoms. The summed E-state index contributed by atoms with van der Waals surface area (Å²) in [5.74, 6) is 3.30. The molecular formula is C25H36N6. The Hall–Kier alpha value is -2.60. The van der Waals surface area contributed by atoms with Crippen LogP contribution in [0.2, 0.25) is 0 Å². The molecule has 1 aromatic rings. The Morgan fingerprint density at radius 2 is 1.87 bits per heavy atom. The molecule has 6 nitrogen and oxygen atoms in total. The smallest absolute Gasteiger partial charge is 0.247 e. The molecule has 1 fully saturated rings. The fourth-order valence-corrected chi connectivity index (χ4v) is 4.14. The van der Waals surface area contributed by atoms with Crippen molar-refractivity contribution in [2.45, 2.75) is 52.4 Å². The van der Waals surface area contributed by atoms with Gasteiger partial charge in [-0.15, -0.1) is 0 Å². The number of hydrazine groups is 1. The zero-order valence-electron chi connectivity index (χ0n) is 19.4. The normalized spacial score (nSPS) is 21.5. The van der Waals surface area contributed by atoms with Crippen LogP contribution in [-0.4, -0.2) is 47.9 Å². The van der Waals surface area contributed by atoms with Gasteiger partial charge in [-0.3, -0.25) is 5.43 Å². The molecule has 0 saturated carbocycles. The highest BCUT2D eigenvalue weighted by Crippen LogP contribution is 2.24. The fraction of sp³-hybridized carbons (Fsp3) is 0.520. The number of aliphatic imine (C=N–C) groups is 2. The van der Waals surface area contributed by atoms with E-state index in [1.54, 1.807) is 0 Å². The molecule has 0 atom stereocenters. The van der Waals surface area contributed by atoms with Gasteiger partial charge in [0.15, 0.2) is 0 Å². The number of nitrogens with one attached hydrogen (secondary N) is 2. The number of fused-ring (bicyclic) bond motifs is 1. The quantitative estimate of drug-likeness (QED) is 0.708. The van der Waals surface area contributed by atoms with Crippen molar-refractivity contribution in [3.05, 3.63) is 59.6 Å². The summed E-state index contributed by atoms with van der Waals surface area (Å²) < 4.78 is 0. The lowest BCUT2D eigenvalue weighted by molar-refractivity contribution is 0.191. The van der Waals surface area contributed by atoms with Gasteiger partial charge in [0.25, 0.3) is 0 Å². The largest absolute Gasteiger partial charge is 0.324 e. The monoisotopic (exact) mass is 420 g/mol. The molecule has 0 radical (unpaired) electrons. The number of likely N-dealkylation sites (tertiary alicyclic amines) is 1. The van der Waals surface area contributed by atoms with E-state index in [1.807, 2.05) is 11.1 Å². The summed E-state index contributed by atoms with van der Waals surface area (Å²) in [6, 6.07) is 8.63. The van der Waals surface area contributed by atoms with Gasteiger partial charge in [-0.05, 0) is 55.8 Å². The molecule has 6 heteroatoms. The second-order valence-corrected chi connectivity index (χ2v) is 9.97. The number of nitrogens with zero attached hydrogens (tertiary/aromatic N) is 4. The van der Waals surface area contributed by atoms with Crippen molar-refractivity contribution in [3.63, 3.8) is 0 Å². The number of hydrogen-bond acceptors (Lipinski definition) is 4. The summed E-state index contributed by atoms with van der Waals surface area (Å²) in [6.07, 6.45) is 5.67.